The first-order valence-corrected chi connectivity index (χ1v) is 4.06. The molecule has 0 bridgehead atoms. The summed E-state index contributed by atoms with van der Waals surface area (Å²) in [6.45, 7) is 4.64. The van der Waals surface area contributed by atoms with E-state index in [2.05, 4.69) is 10.1 Å². The van der Waals surface area contributed by atoms with Crippen LogP contribution < -0.4 is 11.1 Å². The van der Waals surface area contributed by atoms with Gasteiger partial charge in [-0.1, -0.05) is 0 Å². The largest absolute Gasteiger partial charge is 0.391 e. The van der Waals surface area contributed by atoms with Gasteiger partial charge in [0.1, 0.15) is 6.54 Å². The van der Waals surface area contributed by atoms with Crippen molar-refractivity contribution in [3.63, 3.8) is 0 Å². The summed E-state index contributed by atoms with van der Waals surface area (Å²) < 4.78 is 4.47. The van der Waals surface area contributed by atoms with Crippen LogP contribution in [0.5, 0.6) is 0 Å². The molecule has 0 saturated carbocycles. The fourth-order valence-electron chi connectivity index (χ4n) is 0.460. The van der Waals surface area contributed by atoms with Crippen molar-refractivity contribution in [2.24, 2.45) is 11.1 Å². The molecule has 0 unspecified atom stereocenters. The van der Waals surface area contributed by atoms with Crippen LogP contribution in [-0.4, -0.2) is 41.8 Å². The van der Waals surface area contributed by atoms with Crippen LogP contribution in [0.1, 0.15) is 20.8 Å². The lowest BCUT2D eigenvalue weighted by atomic mass is 9.97. The van der Waals surface area contributed by atoms with Crippen molar-refractivity contribution in [1.29, 1.82) is 5.41 Å². The molecule has 0 saturated heterocycles. The molecule has 6 nitrogen and oxygen atoms in total. The molecular weight excluding hydrogens is 213 g/mol. The van der Waals surface area contributed by atoms with Gasteiger partial charge in [0, 0.05) is 0 Å². The summed E-state index contributed by atoms with van der Waals surface area (Å²) in [6.07, 6.45) is 0. The maximum absolute atomic E-state index is 11.2. The summed E-state index contributed by atoms with van der Waals surface area (Å²) in [5, 5.41) is 9.00. The molecule has 0 aliphatic carbocycles. The van der Waals surface area contributed by atoms with Crippen molar-refractivity contribution in [1.82, 2.24) is 5.32 Å². The lowest BCUT2D eigenvalue weighted by Crippen LogP contribution is -2.37. The van der Waals surface area contributed by atoms with Crippen LogP contribution >= 0.6 is 0 Å². The first-order chi connectivity index (χ1) is 6.23. The lowest BCUT2D eigenvalue weighted by Gasteiger charge is -2.15. The number of ether oxygens (including phenoxy) is 1. The Morgan fingerprint density at radius 2 is 1.87 bits per heavy atom. The molecule has 7 heteroatoms. The maximum atomic E-state index is 11.2. The van der Waals surface area contributed by atoms with Crippen molar-refractivity contribution < 1.29 is 14.3 Å². The molecular formula is C8H18AlN3O3. The lowest BCUT2D eigenvalue weighted by molar-refractivity contribution is -0.164. The second kappa shape index (κ2) is 6.43. The molecule has 0 rings (SSSR count). The van der Waals surface area contributed by atoms with E-state index in [4.69, 9.17) is 11.1 Å². The molecule has 15 heavy (non-hydrogen) atoms. The van der Waals surface area contributed by atoms with E-state index in [1.165, 1.54) is 0 Å². The molecule has 0 radical (unpaired) electrons. The summed E-state index contributed by atoms with van der Waals surface area (Å²) in [7, 11) is 0. The minimum Gasteiger partial charge on any atom is -0.391 e. The zero-order valence-electron chi connectivity index (χ0n) is 8.51. The Balaban J connectivity index is 0. The minimum atomic E-state index is -0.750. The Hall–Kier alpha value is -1.06. The average Bonchev–Trinajstić information content (AvgIpc) is 1.99. The van der Waals surface area contributed by atoms with Gasteiger partial charge in [0.15, 0.2) is 23.3 Å². The van der Waals surface area contributed by atoms with Gasteiger partial charge in [-0.15, -0.1) is 0 Å². The van der Waals surface area contributed by atoms with Gasteiger partial charge in [-0.2, -0.15) is 0 Å². The quantitative estimate of drug-likeness (QED) is 0.174. The third-order valence-corrected chi connectivity index (χ3v) is 1.24. The van der Waals surface area contributed by atoms with Gasteiger partial charge in [0.2, 0.25) is 0 Å². The predicted octanol–water partition coefficient (Wildman–Crippen LogP) is -1.60. The van der Waals surface area contributed by atoms with Crippen molar-refractivity contribution in [2.75, 3.05) is 6.54 Å². The highest BCUT2D eigenvalue weighted by Gasteiger charge is 2.25. The third-order valence-electron chi connectivity index (χ3n) is 1.24. The van der Waals surface area contributed by atoms with Crippen molar-refractivity contribution >= 4 is 35.3 Å². The Kier molecular flexibility index (Phi) is 7.02. The second-order valence-electron chi connectivity index (χ2n) is 3.78. The van der Waals surface area contributed by atoms with Gasteiger partial charge < -0.3 is 15.8 Å². The normalized spacial score (nSPS) is 9.80. The average molecular weight is 231 g/mol. The molecule has 0 aromatic heterocycles. The van der Waals surface area contributed by atoms with Crippen molar-refractivity contribution in [2.45, 2.75) is 20.8 Å². The van der Waals surface area contributed by atoms with Crippen LogP contribution in [0.2, 0.25) is 0 Å². The molecule has 0 amide bonds. The highest BCUT2D eigenvalue weighted by atomic mass is 27.0. The van der Waals surface area contributed by atoms with Crippen LogP contribution in [0.25, 0.3) is 0 Å². The monoisotopic (exact) mass is 231 g/mol. The summed E-state index contributed by atoms with van der Waals surface area (Å²) in [4.78, 5) is 22.1. The van der Waals surface area contributed by atoms with Gasteiger partial charge in [-0.25, -0.2) is 4.79 Å². The number of rotatable bonds is 2. The molecule has 0 aromatic rings. The SMILES string of the molecule is CC(C)(C)C(=O)OC(=O)CNC(=N)N.[AlH3]. The van der Waals surface area contributed by atoms with Crippen LogP contribution in [-0.2, 0) is 14.3 Å². The summed E-state index contributed by atoms with van der Waals surface area (Å²) >= 11 is 0. The molecule has 0 aliphatic heterocycles. The third kappa shape index (κ3) is 7.97. The summed E-state index contributed by atoms with van der Waals surface area (Å²) in [6, 6.07) is 0. The Bertz CT molecular complexity index is 260. The number of nitrogens with two attached hydrogens (primary N) is 1. The number of carbonyl (C=O) groups is 2. The number of nitrogens with one attached hydrogen (secondary N) is 2. The molecule has 0 heterocycles. The molecule has 0 fully saturated rings. The van der Waals surface area contributed by atoms with E-state index >= 15 is 0 Å². The summed E-state index contributed by atoms with van der Waals surface area (Å²) in [5.74, 6) is -1.70. The topological polar surface area (TPSA) is 105 Å². The number of hydrogen-bond acceptors (Lipinski definition) is 4. The Labute approximate surface area is 99.2 Å². The van der Waals surface area contributed by atoms with Crippen LogP contribution in [0.4, 0.5) is 0 Å². The Morgan fingerprint density at radius 3 is 2.20 bits per heavy atom. The van der Waals surface area contributed by atoms with Gasteiger partial charge in [-0.3, -0.25) is 10.2 Å². The first kappa shape index (κ1) is 16.4. The number of guanidine groups is 1. The van der Waals surface area contributed by atoms with Crippen molar-refractivity contribution in [3.8, 4) is 0 Å². The number of esters is 2. The molecule has 0 atom stereocenters. The molecule has 0 spiro atoms. The smallest absolute Gasteiger partial charge is 0.333 e. The van der Waals surface area contributed by atoms with E-state index in [0.29, 0.717) is 0 Å². The fraction of sp³-hybridized carbons (Fsp3) is 0.625. The van der Waals surface area contributed by atoms with E-state index in [9.17, 15) is 9.59 Å². The Morgan fingerprint density at radius 1 is 1.40 bits per heavy atom. The number of carbonyl (C=O) groups excluding carboxylic acids is 2. The molecule has 86 valence electrons. The standard InChI is InChI=1S/C8H15N3O3.Al.3H/c1-8(2,3)6(13)14-5(12)4-11-7(9)10;;;;/h4H2,1-3H3,(H4,9,10,11);;;;. The fourth-order valence-corrected chi connectivity index (χ4v) is 0.460. The summed E-state index contributed by atoms with van der Waals surface area (Å²) in [5.41, 5.74) is 4.22. The highest BCUT2D eigenvalue weighted by molar-refractivity contribution is 5.90. The van der Waals surface area contributed by atoms with Crippen LogP contribution in [0.15, 0.2) is 0 Å². The number of hydrogen-bond donors (Lipinski definition) is 3. The predicted molar refractivity (Wildman–Crippen MR) is 60.4 cm³/mol. The van der Waals surface area contributed by atoms with E-state index in [1.54, 1.807) is 20.8 Å². The molecule has 0 aliphatic rings. The maximum Gasteiger partial charge on any atom is 0.333 e. The highest BCUT2D eigenvalue weighted by Crippen LogP contribution is 2.14. The minimum absolute atomic E-state index is 0. The second-order valence-corrected chi connectivity index (χ2v) is 3.78. The molecule has 4 N–H and O–H groups in total. The zero-order valence-corrected chi connectivity index (χ0v) is 8.51. The van der Waals surface area contributed by atoms with Crippen molar-refractivity contribution in [3.05, 3.63) is 0 Å². The van der Waals surface area contributed by atoms with Gasteiger partial charge in [-0.05, 0) is 20.8 Å². The van der Waals surface area contributed by atoms with E-state index in [0.717, 1.165) is 0 Å². The first-order valence-electron chi connectivity index (χ1n) is 4.06. The van der Waals surface area contributed by atoms with Gasteiger partial charge in [0.05, 0.1) is 5.41 Å². The van der Waals surface area contributed by atoms with Crippen LogP contribution in [0, 0.1) is 10.8 Å². The van der Waals surface area contributed by atoms with Gasteiger partial charge in [0.25, 0.3) is 0 Å². The van der Waals surface area contributed by atoms with Gasteiger partial charge >= 0.3 is 11.9 Å². The van der Waals surface area contributed by atoms with E-state index in [1.807, 2.05) is 0 Å². The zero-order chi connectivity index (χ0) is 11.4. The molecule has 0 aromatic carbocycles. The van der Waals surface area contributed by atoms with E-state index < -0.39 is 17.4 Å². The van der Waals surface area contributed by atoms with Crippen LogP contribution in [0.3, 0.4) is 0 Å². The van der Waals surface area contributed by atoms with E-state index in [-0.39, 0.29) is 29.9 Å².